The Kier molecular flexibility index (Phi) is 7.58. The second-order valence-corrected chi connectivity index (χ2v) is 1.71. The number of nitrogens with two attached hydrogens (primary N) is 1. The van der Waals surface area contributed by atoms with Crippen LogP contribution in [0, 0.1) is 0 Å². The minimum atomic E-state index is -0.510. The second kappa shape index (κ2) is 6.69. The number of allylic oxidation sites excluding steroid dienone is 1. The highest BCUT2D eigenvalue weighted by Gasteiger charge is 2.00. The largest absolute Gasteiger partial charge is 0.364 e. The quantitative estimate of drug-likeness (QED) is 0.655. The maximum absolute atomic E-state index is 10.5. The van der Waals surface area contributed by atoms with Crippen molar-refractivity contribution in [3.63, 3.8) is 0 Å². The van der Waals surface area contributed by atoms with Gasteiger partial charge in [-0.15, -0.1) is 24.8 Å². The van der Waals surface area contributed by atoms with E-state index in [1.165, 1.54) is 6.20 Å². The number of halogens is 2. The number of hydrogen-bond donors (Lipinski definition) is 2. The smallest absolute Gasteiger partial charge is 0.266 e. The van der Waals surface area contributed by atoms with Crippen LogP contribution in [0.5, 0.6) is 0 Å². The molecule has 0 aromatic heterocycles. The SMILES string of the molecule is Cl.Cl.NC(=O)C1=CN=CC=CN1. The molecule has 0 bridgehead atoms. The summed E-state index contributed by atoms with van der Waals surface area (Å²) in [4.78, 5) is 14.2. The Morgan fingerprint density at radius 1 is 1.50 bits per heavy atom. The van der Waals surface area contributed by atoms with Gasteiger partial charge in [-0.3, -0.25) is 9.79 Å². The van der Waals surface area contributed by atoms with Gasteiger partial charge >= 0.3 is 0 Å². The lowest BCUT2D eigenvalue weighted by Crippen LogP contribution is -2.22. The number of carbonyl (C=O) groups excluding carboxylic acids is 1. The van der Waals surface area contributed by atoms with Crippen LogP contribution in [0.2, 0.25) is 0 Å². The van der Waals surface area contributed by atoms with Gasteiger partial charge in [0.2, 0.25) is 0 Å². The Morgan fingerprint density at radius 2 is 2.17 bits per heavy atom. The summed E-state index contributed by atoms with van der Waals surface area (Å²) < 4.78 is 0. The van der Waals surface area contributed by atoms with E-state index in [-0.39, 0.29) is 24.8 Å². The summed E-state index contributed by atoms with van der Waals surface area (Å²) in [6.45, 7) is 0. The zero-order valence-electron chi connectivity index (χ0n) is 6.06. The molecule has 1 amide bonds. The highest BCUT2D eigenvalue weighted by atomic mass is 35.5. The number of amides is 1. The first-order valence-electron chi connectivity index (χ1n) is 2.75. The van der Waals surface area contributed by atoms with Gasteiger partial charge in [-0.1, -0.05) is 0 Å². The Labute approximate surface area is 82.4 Å². The third kappa shape index (κ3) is 4.00. The van der Waals surface area contributed by atoms with E-state index in [9.17, 15) is 4.79 Å². The fourth-order valence-corrected chi connectivity index (χ4v) is 0.520. The van der Waals surface area contributed by atoms with Crippen LogP contribution in [0.15, 0.2) is 29.2 Å². The Morgan fingerprint density at radius 3 is 2.75 bits per heavy atom. The van der Waals surface area contributed by atoms with E-state index in [4.69, 9.17) is 5.73 Å². The van der Waals surface area contributed by atoms with Crippen LogP contribution >= 0.6 is 24.8 Å². The highest BCUT2D eigenvalue weighted by molar-refractivity contribution is 5.92. The summed E-state index contributed by atoms with van der Waals surface area (Å²) in [5.41, 5.74) is 5.26. The van der Waals surface area contributed by atoms with E-state index < -0.39 is 5.91 Å². The zero-order valence-corrected chi connectivity index (χ0v) is 7.69. The van der Waals surface area contributed by atoms with E-state index in [0.29, 0.717) is 5.70 Å². The molecule has 12 heavy (non-hydrogen) atoms. The molecule has 1 rings (SSSR count). The van der Waals surface area contributed by atoms with Gasteiger partial charge in [0, 0.05) is 12.4 Å². The van der Waals surface area contributed by atoms with Crippen molar-refractivity contribution in [2.45, 2.75) is 0 Å². The maximum Gasteiger partial charge on any atom is 0.266 e. The van der Waals surface area contributed by atoms with E-state index in [0.717, 1.165) is 0 Å². The minimum Gasteiger partial charge on any atom is -0.364 e. The van der Waals surface area contributed by atoms with Crippen LogP contribution in [0.25, 0.3) is 0 Å². The zero-order chi connectivity index (χ0) is 7.40. The topological polar surface area (TPSA) is 67.5 Å². The Hall–Kier alpha value is -1.00. The van der Waals surface area contributed by atoms with E-state index in [1.54, 1.807) is 18.5 Å². The molecule has 1 aliphatic rings. The van der Waals surface area contributed by atoms with Gasteiger partial charge in [-0.05, 0) is 6.08 Å². The third-order valence-electron chi connectivity index (χ3n) is 0.976. The van der Waals surface area contributed by atoms with E-state index in [1.807, 2.05) is 0 Å². The van der Waals surface area contributed by atoms with Gasteiger partial charge in [0.1, 0.15) is 5.70 Å². The molecule has 0 saturated carbocycles. The predicted octanol–water partition coefficient (Wildman–Crippen LogP) is 0.344. The van der Waals surface area contributed by atoms with Crippen molar-refractivity contribution in [2.75, 3.05) is 0 Å². The van der Waals surface area contributed by atoms with Gasteiger partial charge in [0.15, 0.2) is 0 Å². The Balaban J connectivity index is 0. The summed E-state index contributed by atoms with van der Waals surface area (Å²) in [5, 5.41) is 2.66. The van der Waals surface area contributed by atoms with Crippen molar-refractivity contribution < 1.29 is 4.79 Å². The van der Waals surface area contributed by atoms with E-state index >= 15 is 0 Å². The average Bonchev–Trinajstić information content (AvgIpc) is 2.12. The summed E-state index contributed by atoms with van der Waals surface area (Å²) in [6.07, 6.45) is 6.20. The summed E-state index contributed by atoms with van der Waals surface area (Å²) in [7, 11) is 0. The number of nitrogens with zero attached hydrogens (tertiary/aromatic N) is 1. The number of nitrogens with one attached hydrogen (secondary N) is 1. The minimum absolute atomic E-state index is 0. The van der Waals surface area contributed by atoms with Crippen LogP contribution in [-0.2, 0) is 4.79 Å². The standard InChI is InChI=1S/C6H7N3O.2ClH/c7-6(10)5-4-8-2-1-3-9-5;;/h1-4,9H,(H2,7,10);2*1H. The van der Waals surface area contributed by atoms with Crippen molar-refractivity contribution in [2.24, 2.45) is 10.7 Å². The summed E-state index contributed by atoms with van der Waals surface area (Å²) in [6, 6.07) is 0. The molecule has 0 aromatic rings. The lowest BCUT2D eigenvalue weighted by molar-refractivity contribution is -0.114. The first-order valence-corrected chi connectivity index (χ1v) is 2.75. The van der Waals surface area contributed by atoms with Crippen LogP contribution in [0.1, 0.15) is 0 Å². The molecule has 0 radical (unpaired) electrons. The lowest BCUT2D eigenvalue weighted by atomic mass is 10.4. The first-order chi connectivity index (χ1) is 4.80. The molecule has 0 unspecified atom stereocenters. The first kappa shape index (κ1) is 13.6. The molecule has 4 nitrogen and oxygen atoms in total. The molecule has 0 saturated heterocycles. The molecule has 0 spiro atoms. The number of carbonyl (C=O) groups is 1. The molecule has 68 valence electrons. The molecule has 0 aliphatic carbocycles. The number of aliphatic imine (C=N–C) groups is 1. The second-order valence-electron chi connectivity index (χ2n) is 1.71. The molecule has 6 heteroatoms. The molecule has 0 atom stereocenters. The number of primary amides is 1. The Bertz CT molecular complexity index is 235. The molecule has 0 fully saturated rings. The van der Waals surface area contributed by atoms with Gasteiger partial charge in [0.05, 0.1) is 6.20 Å². The summed E-state index contributed by atoms with van der Waals surface area (Å²) >= 11 is 0. The average molecular weight is 210 g/mol. The van der Waals surface area contributed by atoms with Gasteiger partial charge in [0.25, 0.3) is 5.91 Å². The van der Waals surface area contributed by atoms with Crippen molar-refractivity contribution in [1.82, 2.24) is 5.32 Å². The number of hydrogen-bond acceptors (Lipinski definition) is 3. The van der Waals surface area contributed by atoms with Crippen molar-refractivity contribution in [3.8, 4) is 0 Å². The third-order valence-corrected chi connectivity index (χ3v) is 0.976. The monoisotopic (exact) mass is 209 g/mol. The number of rotatable bonds is 1. The fourth-order valence-electron chi connectivity index (χ4n) is 0.520. The van der Waals surface area contributed by atoms with Crippen molar-refractivity contribution in [1.29, 1.82) is 0 Å². The van der Waals surface area contributed by atoms with Crippen LogP contribution in [0.3, 0.4) is 0 Å². The van der Waals surface area contributed by atoms with Gasteiger partial charge in [-0.2, -0.15) is 0 Å². The molecular weight excluding hydrogens is 201 g/mol. The van der Waals surface area contributed by atoms with Crippen LogP contribution in [-0.4, -0.2) is 12.1 Å². The molecule has 3 N–H and O–H groups in total. The van der Waals surface area contributed by atoms with Crippen LogP contribution < -0.4 is 11.1 Å². The molecule has 1 aliphatic heterocycles. The molecular formula is C6H9Cl2N3O. The lowest BCUT2D eigenvalue weighted by Gasteiger charge is -1.96. The van der Waals surface area contributed by atoms with E-state index in [2.05, 4.69) is 10.3 Å². The predicted molar refractivity (Wildman–Crippen MR) is 52.5 cm³/mol. The van der Waals surface area contributed by atoms with Gasteiger partial charge < -0.3 is 11.1 Å². The van der Waals surface area contributed by atoms with Gasteiger partial charge in [-0.25, -0.2) is 0 Å². The van der Waals surface area contributed by atoms with Crippen molar-refractivity contribution >= 4 is 36.9 Å². The molecule has 1 heterocycles. The summed E-state index contributed by atoms with van der Waals surface area (Å²) in [5.74, 6) is -0.510. The molecule has 0 aromatic carbocycles. The maximum atomic E-state index is 10.5. The van der Waals surface area contributed by atoms with Crippen molar-refractivity contribution in [3.05, 3.63) is 24.2 Å². The van der Waals surface area contributed by atoms with Crippen LogP contribution in [0.4, 0.5) is 0 Å². The normalized spacial score (nSPS) is 12.8. The fraction of sp³-hybridized carbons (Fsp3) is 0. The highest BCUT2D eigenvalue weighted by Crippen LogP contribution is 1.90.